The highest BCUT2D eigenvalue weighted by atomic mass is 19.4. The SMILES string of the molecule is CCCCCc1c(-c2cccc(F)c2)ncn1CCc1ccccc1OC.O=C(O)C(F)(F)F. The Morgan fingerprint density at radius 3 is 2.41 bits per heavy atom. The fourth-order valence-corrected chi connectivity index (χ4v) is 3.43. The average molecular weight is 481 g/mol. The average Bonchev–Trinajstić information content (AvgIpc) is 3.20. The number of carbonyl (C=O) groups is 1. The third-order valence-electron chi connectivity index (χ3n) is 5.12. The maximum Gasteiger partial charge on any atom is 0.490 e. The van der Waals surface area contributed by atoms with Gasteiger partial charge in [0.05, 0.1) is 19.1 Å². The van der Waals surface area contributed by atoms with Crippen molar-refractivity contribution in [1.82, 2.24) is 9.55 Å². The number of aliphatic carboxylic acids is 1. The lowest BCUT2D eigenvalue weighted by molar-refractivity contribution is -0.192. The summed E-state index contributed by atoms with van der Waals surface area (Å²) in [5.41, 5.74) is 4.10. The Morgan fingerprint density at radius 1 is 1.09 bits per heavy atom. The van der Waals surface area contributed by atoms with Gasteiger partial charge in [-0.25, -0.2) is 14.2 Å². The van der Waals surface area contributed by atoms with Crippen LogP contribution in [0.4, 0.5) is 17.6 Å². The smallest absolute Gasteiger partial charge is 0.490 e. The summed E-state index contributed by atoms with van der Waals surface area (Å²) in [4.78, 5) is 13.5. The number of aryl methyl sites for hydroxylation is 2. The van der Waals surface area contributed by atoms with Crippen LogP contribution >= 0.6 is 0 Å². The van der Waals surface area contributed by atoms with Crippen molar-refractivity contribution in [2.75, 3.05) is 7.11 Å². The maximum atomic E-state index is 13.7. The van der Waals surface area contributed by atoms with Crippen LogP contribution in [0.2, 0.25) is 0 Å². The molecule has 34 heavy (non-hydrogen) atoms. The van der Waals surface area contributed by atoms with Crippen molar-refractivity contribution in [2.24, 2.45) is 0 Å². The Hall–Kier alpha value is -3.36. The normalized spacial score (nSPS) is 11.0. The third kappa shape index (κ3) is 7.90. The molecule has 0 fully saturated rings. The number of carboxylic acids is 1. The second kappa shape index (κ2) is 12.8. The highest BCUT2D eigenvalue weighted by molar-refractivity contribution is 5.73. The van der Waals surface area contributed by atoms with Crippen molar-refractivity contribution in [3.63, 3.8) is 0 Å². The first-order chi connectivity index (χ1) is 16.2. The molecule has 0 saturated carbocycles. The number of ether oxygens (including phenoxy) is 1. The summed E-state index contributed by atoms with van der Waals surface area (Å²) in [6.07, 6.45) is 2.08. The van der Waals surface area contributed by atoms with Gasteiger partial charge in [0.25, 0.3) is 0 Å². The van der Waals surface area contributed by atoms with Gasteiger partial charge in [-0.2, -0.15) is 13.2 Å². The summed E-state index contributed by atoms with van der Waals surface area (Å²) < 4.78 is 53.1. The number of para-hydroxylation sites is 1. The first-order valence-corrected chi connectivity index (χ1v) is 10.9. The third-order valence-corrected chi connectivity index (χ3v) is 5.12. The monoisotopic (exact) mass is 480 g/mol. The van der Waals surface area contributed by atoms with Crippen molar-refractivity contribution >= 4 is 5.97 Å². The van der Waals surface area contributed by atoms with Gasteiger partial charge in [0.2, 0.25) is 0 Å². The molecule has 0 aliphatic carbocycles. The fourth-order valence-electron chi connectivity index (χ4n) is 3.43. The molecule has 0 amide bonds. The van der Waals surface area contributed by atoms with Gasteiger partial charge in [-0.1, -0.05) is 50.1 Å². The minimum Gasteiger partial charge on any atom is -0.496 e. The Balaban J connectivity index is 0.000000509. The van der Waals surface area contributed by atoms with Crippen LogP contribution in [0.3, 0.4) is 0 Å². The lowest BCUT2D eigenvalue weighted by Crippen LogP contribution is -2.21. The zero-order chi connectivity index (χ0) is 25.1. The molecule has 184 valence electrons. The lowest BCUT2D eigenvalue weighted by Gasteiger charge is -2.12. The van der Waals surface area contributed by atoms with Crippen molar-refractivity contribution in [2.45, 2.75) is 51.7 Å². The van der Waals surface area contributed by atoms with Gasteiger partial charge in [-0.3, -0.25) is 0 Å². The molecule has 0 saturated heterocycles. The minimum absolute atomic E-state index is 0.226. The molecule has 0 atom stereocenters. The molecule has 9 heteroatoms. The molecule has 0 aliphatic heterocycles. The molecule has 0 spiro atoms. The van der Waals surface area contributed by atoms with Gasteiger partial charge in [-0.05, 0) is 43.0 Å². The summed E-state index contributed by atoms with van der Waals surface area (Å²) in [5.74, 6) is -2.07. The van der Waals surface area contributed by atoms with Crippen molar-refractivity contribution in [1.29, 1.82) is 0 Å². The zero-order valence-electron chi connectivity index (χ0n) is 19.1. The topological polar surface area (TPSA) is 64.4 Å². The van der Waals surface area contributed by atoms with Gasteiger partial charge in [0.1, 0.15) is 11.6 Å². The van der Waals surface area contributed by atoms with Crippen molar-refractivity contribution in [3.8, 4) is 17.0 Å². The van der Waals surface area contributed by atoms with E-state index < -0.39 is 12.1 Å². The van der Waals surface area contributed by atoms with Crippen LogP contribution < -0.4 is 4.74 Å². The van der Waals surface area contributed by atoms with Crippen molar-refractivity contribution in [3.05, 3.63) is 71.9 Å². The summed E-state index contributed by atoms with van der Waals surface area (Å²) >= 11 is 0. The first kappa shape index (κ1) is 26.9. The number of benzene rings is 2. The van der Waals surface area contributed by atoms with Gasteiger partial charge < -0.3 is 14.4 Å². The van der Waals surface area contributed by atoms with E-state index in [-0.39, 0.29) is 5.82 Å². The quantitative estimate of drug-likeness (QED) is 0.288. The maximum absolute atomic E-state index is 13.7. The van der Waals surface area contributed by atoms with Crippen LogP contribution in [0.15, 0.2) is 54.9 Å². The van der Waals surface area contributed by atoms with E-state index in [2.05, 4.69) is 22.5 Å². The minimum atomic E-state index is -5.08. The van der Waals surface area contributed by atoms with Gasteiger partial charge in [-0.15, -0.1) is 0 Å². The summed E-state index contributed by atoms with van der Waals surface area (Å²) in [7, 11) is 1.70. The second-order valence-electron chi connectivity index (χ2n) is 7.57. The van der Waals surface area contributed by atoms with E-state index in [1.165, 1.54) is 30.2 Å². The summed E-state index contributed by atoms with van der Waals surface area (Å²) in [5, 5.41) is 7.12. The van der Waals surface area contributed by atoms with E-state index >= 15 is 0 Å². The van der Waals surface area contributed by atoms with Crippen LogP contribution in [0.1, 0.15) is 37.4 Å². The molecule has 0 radical (unpaired) electrons. The number of carboxylic acid groups (broad SMARTS) is 1. The highest BCUT2D eigenvalue weighted by Crippen LogP contribution is 2.26. The molecule has 2 aromatic carbocycles. The summed E-state index contributed by atoms with van der Waals surface area (Å²) in [6, 6.07) is 14.8. The number of hydrogen-bond donors (Lipinski definition) is 1. The largest absolute Gasteiger partial charge is 0.496 e. The molecule has 0 aliphatic rings. The first-order valence-electron chi connectivity index (χ1n) is 10.9. The number of aromatic nitrogens is 2. The zero-order valence-corrected chi connectivity index (χ0v) is 19.1. The number of nitrogens with zero attached hydrogens (tertiary/aromatic N) is 2. The molecule has 1 N–H and O–H groups in total. The molecule has 5 nitrogen and oxygen atoms in total. The predicted molar refractivity (Wildman–Crippen MR) is 121 cm³/mol. The number of methoxy groups -OCH3 is 1. The van der Waals surface area contributed by atoms with Crippen LogP contribution in [0.25, 0.3) is 11.3 Å². The molecular weight excluding hydrogens is 452 g/mol. The number of alkyl halides is 3. The van der Waals surface area contributed by atoms with Crippen LogP contribution in [-0.4, -0.2) is 33.9 Å². The molecule has 0 bridgehead atoms. The van der Waals surface area contributed by atoms with Gasteiger partial charge in [0.15, 0.2) is 0 Å². The van der Waals surface area contributed by atoms with E-state index in [1.807, 2.05) is 30.6 Å². The standard InChI is InChI=1S/C23H27FN2O.C2HF3O2/c1-3-4-5-12-21-23(19-10-8-11-20(24)16-19)25-17-26(21)15-14-18-9-6-7-13-22(18)27-2;3-2(4,5)1(6)7/h6-11,13,16-17H,3-5,12,14-15H2,1-2H3;(H,6,7). The van der Waals surface area contributed by atoms with Gasteiger partial charge in [0, 0.05) is 17.8 Å². The van der Waals surface area contributed by atoms with E-state index in [4.69, 9.17) is 14.6 Å². The number of hydrogen-bond acceptors (Lipinski definition) is 3. The van der Waals surface area contributed by atoms with Gasteiger partial charge >= 0.3 is 12.1 Å². The number of unbranched alkanes of at least 4 members (excludes halogenated alkanes) is 2. The van der Waals surface area contributed by atoms with Crippen LogP contribution in [0, 0.1) is 5.82 Å². The number of rotatable bonds is 9. The second-order valence-corrected chi connectivity index (χ2v) is 7.57. The Morgan fingerprint density at radius 2 is 1.79 bits per heavy atom. The molecular formula is C25H28F4N2O3. The number of imidazole rings is 1. The Labute approximate surface area is 196 Å². The number of halogens is 4. The summed E-state index contributed by atoms with van der Waals surface area (Å²) in [6.45, 7) is 3.02. The fraction of sp³-hybridized carbons (Fsp3) is 0.360. The van der Waals surface area contributed by atoms with E-state index in [0.29, 0.717) is 0 Å². The molecule has 1 heterocycles. The Bertz CT molecular complexity index is 1060. The van der Waals surface area contributed by atoms with E-state index in [0.717, 1.165) is 42.8 Å². The molecule has 3 aromatic rings. The lowest BCUT2D eigenvalue weighted by atomic mass is 10.1. The Kier molecular flexibility index (Phi) is 10.1. The van der Waals surface area contributed by atoms with Crippen LogP contribution in [0.5, 0.6) is 5.75 Å². The molecule has 3 rings (SSSR count). The highest BCUT2D eigenvalue weighted by Gasteiger charge is 2.38. The van der Waals surface area contributed by atoms with Crippen LogP contribution in [-0.2, 0) is 24.2 Å². The molecule has 0 unspecified atom stereocenters. The van der Waals surface area contributed by atoms with E-state index in [1.54, 1.807) is 19.2 Å². The predicted octanol–water partition coefficient (Wildman–Crippen LogP) is 6.31. The molecule has 1 aromatic heterocycles. The van der Waals surface area contributed by atoms with E-state index in [9.17, 15) is 17.6 Å². The van der Waals surface area contributed by atoms with Crippen molar-refractivity contribution < 1.29 is 32.2 Å².